The molecule has 5 rings (SSSR count). The number of para-hydroxylation sites is 1. The molecule has 8 heteroatoms. The monoisotopic (exact) mass is 502 g/mol. The van der Waals surface area contributed by atoms with Crippen molar-refractivity contribution in [3.63, 3.8) is 0 Å². The highest BCUT2D eigenvalue weighted by molar-refractivity contribution is 7.89. The largest absolute Gasteiger partial charge is 0.487 e. The van der Waals surface area contributed by atoms with Crippen molar-refractivity contribution >= 4 is 27.5 Å². The highest BCUT2D eigenvalue weighted by atomic mass is 35.5. The molecule has 0 bridgehead atoms. The first kappa shape index (κ1) is 23.6. The number of nitrogens with zero attached hydrogens (tertiary/aromatic N) is 1. The number of fused-ring (bicyclic) bond motifs is 1. The van der Waals surface area contributed by atoms with E-state index in [1.54, 1.807) is 12.1 Å². The fourth-order valence-corrected chi connectivity index (χ4v) is 7.32. The van der Waals surface area contributed by atoms with Crippen molar-refractivity contribution in [2.45, 2.75) is 67.9 Å². The van der Waals surface area contributed by atoms with Gasteiger partial charge < -0.3 is 10.1 Å². The molecule has 1 N–H and O–H groups in total. The van der Waals surface area contributed by atoms with E-state index in [1.807, 2.05) is 24.3 Å². The molecule has 0 radical (unpaired) electrons. The Morgan fingerprint density at radius 1 is 1.03 bits per heavy atom. The minimum atomic E-state index is -3.67. The summed E-state index contributed by atoms with van der Waals surface area (Å²) >= 11 is 5.92. The standard InChI is InChI=1S/C26H31ClN2O4S/c27-20-10-12-21(13-11-20)34(31,32)29-16-6-7-19(18-29)25(30)28-23-17-26(14-4-1-5-15-26)33-24-9-3-2-8-22(23)24/h2-3,8-13,19,23H,1,4-7,14-18H2,(H,28,30)/t19-,23-/m1/s1. The molecular weight excluding hydrogens is 472 g/mol. The molecule has 1 spiro atoms. The summed E-state index contributed by atoms with van der Waals surface area (Å²) in [5.74, 6) is 0.397. The van der Waals surface area contributed by atoms with E-state index in [1.165, 1.54) is 22.9 Å². The summed E-state index contributed by atoms with van der Waals surface area (Å²) < 4.78 is 34.2. The molecule has 1 aliphatic carbocycles. The molecule has 34 heavy (non-hydrogen) atoms. The lowest BCUT2D eigenvalue weighted by atomic mass is 9.77. The number of nitrogens with one attached hydrogen (secondary N) is 1. The fourth-order valence-electron chi connectivity index (χ4n) is 5.67. The summed E-state index contributed by atoms with van der Waals surface area (Å²) in [5, 5.41) is 3.77. The average molecular weight is 503 g/mol. The number of piperidine rings is 1. The molecule has 2 atom stereocenters. The number of carbonyl (C=O) groups is 1. The molecule has 0 aromatic heterocycles. The van der Waals surface area contributed by atoms with Gasteiger partial charge in [-0.1, -0.05) is 36.2 Å². The minimum Gasteiger partial charge on any atom is -0.487 e. The highest BCUT2D eigenvalue weighted by Gasteiger charge is 2.43. The Morgan fingerprint density at radius 3 is 2.53 bits per heavy atom. The van der Waals surface area contributed by atoms with Crippen LogP contribution in [0.1, 0.15) is 63.0 Å². The molecule has 0 unspecified atom stereocenters. The summed E-state index contributed by atoms with van der Waals surface area (Å²) in [6, 6.07) is 14.0. The van der Waals surface area contributed by atoms with Crippen molar-refractivity contribution in [2.24, 2.45) is 5.92 Å². The number of sulfonamides is 1. The second-order valence-corrected chi connectivity index (χ2v) is 12.2. The quantitative estimate of drug-likeness (QED) is 0.632. The maximum atomic E-state index is 13.4. The van der Waals surface area contributed by atoms with E-state index >= 15 is 0 Å². The van der Waals surface area contributed by atoms with Crippen LogP contribution in [0, 0.1) is 5.92 Å². The van der Waals surface area contributed by atoms with E-state index in [0.29, 0.717) is 24.4 Å². The molecule has 2 aromatic carbocycles. The van der Waals surface area contributed by atoms with Gasteiger partial charge in [-0.25, -0.2) is 8.42 Å². The van der Waals surface area contributed by atoms with Gasteiger partial charge in [-0.05, 0) is 68.9 Å². The van der Waals surface area contributed by atoms with E-state index in [2.05, 4.69) is 5.32 Å². The first-order chi connectivity index (χ1) is 16.4. The van der Waals surface area contributed by atoms with E-state index < -0.39 is 10.0 Å². The Labute approximate surface area is 206 Å². The zero-order chi connectivity index (χ0) is 23.8. The molecule has 2 aromatic rings. The maximum Gasteiger partial charge on any atom is 0.243 e. The van der Waals surface area contributed by atoms with E-state index in [4.69, 9.17) is 16.3 Å². The fraction of sp³-hybridized carbons (Fsp3) is 0.500. The van der Waals surface area contributed by atoms with Crippen LogP contribution in [0.3, 0.4) is 0 Å². The third-order valence-electron chi connectivity index (χ3n) is 7.48. The molecule has 1 saturated carbocycles. The van der Waals surface area contributed by atoms with E-state index in [0.717, 1.165) is 43.4 Å². The molecule has 1 saturated heterocycles. The Morgan fingerprint density at radius 2 is 1.76 bits per heavy atom. The van der Waals surface area contributed by atoms with Crippen molar-refractivity contribution < 1.29 is 17.9 Å². The Hall–Kier alpha value is -2.09. The lowest BCUT2D eigenvalue weighted by Gasteiger charge is -2.45. The summed E-state index contributed by atoms with van der Waals surface area (Å²) in [6.45, 7) is 0.602. The smallest absolute Gasteiger partial charge is 0.243 e. The maximum absolute atomic E-state index is 13.4. The molecule has 6 nitrogen and oxygen atoms in total. The SMILES string of the molecule is O=C(N[C@@H]1CC2(CCCCC2)Oc2ccccc21)[C@@H]1CCCN(S(=O)(=O)c2ccc(Cl)cc2)C1. The summed E-state index contributed by atoms with van der Waals surface area (Å²) in [4.78, 5) is 13.6. The van der Waals surface area contributed by atoms with Gasteiger partial charge in [-0.3, -0.25) is 4.79 Å². The summed E-state index contributed by atoms with van der Waals surface area (Å²) in [6.07, 6.45) is 7.60. The molecule has 182 valence electrons. The average Bonchev–Trinajstić information content (AvgIpc) is 2.85. The lowest BCUT2D eigenvalue weighted by Crippen LogP contribution is -2.49. The van der Waals surface area contributed by atoms with Gasteiger partial charge in [0, 0.05) is 30.1 Å². The van der Waals surface area contributed by atoms with Crippen LogP contribution in [0.4, 0.5) is 0 Å². The number of amides is 1. The van der Waals surface area contributed by atoms with Crippen LogP contribution < -0.4 is 10.1 Å². The van der Waals surface area contributed by atoms with Crippen LogP contribution in [0.15, 0.2) is 53.4 Å². The Kier molecular flexibility index (Phi) is 6.62. The molecule has 1 amide bonds. The number of halogens is 1. The second kappa shape index (κ2) is 9.51. The van der Waals surface area contributed by atoms with Crippen molar-refractivity contribution in [3.05, 3.63) is 59.1 Å². The number of hydrogen-bond acceptors (Lipinski definition) is 4. The second-order valence-electron chi connectivity index (χ2n) is 9.80. The molecule has 3 aliphatic rings. The highest BCUT2D eigenvalue weighted by Crippen LogP contribution is 2.46. The zero-order valence-corrected chi connectivity index (χ0v) is 20.8. The van der Waals surface area contributed by atoms with Crippen LogP contribution in [-0.4, -0.2) is 37.3 Å². The Bertz CT molecular complexity index is 1150. The van der Waals surface area contributed by atoms with Crippen molar-refractivity contribution in [1.29, 1.82) is 0 Å². The zero-order valence-electron chi connectivity index (χ0n) is 19.2. The van der Waals surface area contributed by atoms with E-state index in [-0.39, 0.29) is 34.9 Å². The normalized spacial score (nSPS) is 24.7. The number of carbonyl (C=O) groups excluding carboxylic acids is 1. The van der Waals surface area contributed by atoms with Crippen LogP contribution in [0.5, 0.6) is 5.75 Å². The van der Waals surface area contributed by atoms with Crippen LogP contribution in [-0.2, 0) is 14.8 Å². The van der Waals surface area contributed by atoms with Gasteiger partial charge in [0.2, 0.25) is 15.9 Å². The molecule has 2 heterocycles. The predicted octanol–water partition coefficient (Wildman–Crippen LogP) is 5.08. The van der Waals surface area contributed by atoms with Gasteiger partial charge in [0.05, 0.1) is 16.9 Å². The Balaban J connectivity index is 1.32. The number of rotatable bonds is 4. The van der Waals surface area contributed by atoms with Gasteiger partial charge >= 0.3 is 0 Å². The molecule has 2 fully saturated rings. The molecular formula is C26H31ClN2O4S. The number of hydrogen-bond donors (Lipinski definition) is 1. The van der Waals surface area contributed by atoms with Gasteiger partial charge in [0.15, 0.2) is 0 Å². The minimum absolute atomic E-state index is 0.0799. The first-order valence-electron chi connectivity index (χ1n) is 12.2. The van der Waals surface area contributed by atoms with Crippen molar-refractivity contribution in [1.82, 2.24) is 9.62 Å². The number of benzene rings is 2. The first-order valence-corrected chi connectivity index (χ1v) is 14.0. The van der Waals surface area contributed by atoms with Crippen LogP contribution in [0.25, 0.3) is 0 Å². The lowest BCUT2D eigenvalue weighted by molar-refractivity contribution is -0.127. The van der Waals surface area contributed by atoms with Crippen LogP contribution >= 0.6 is 11.6 Å². The van der Waals surface area contributed by atoms with Crippen LogP contribution in [0.2, 0.25) is 5.02 Å². The van der Waals surface area contributed by atoms with Gasteiger partial charge in [-0.15, -0.1) is 0 Å². The van der Waals surface area contributed by atoms with Crippen molar-refractivity contribution in [3.8, 4) is 5.75 Å². The molecule has 2 aliphatic heterocycles. The van der Waals surface area contributed by atoms with E-state index in [9.17, 15) is 13.2 Å². The third-order valence-corrected chi connectivity index (χ3v) is 9.62. The predicted molar refractivity (Wildman–Crippen MR) is 131 cm³/mol. The number of ether oxygens (including phenoxy) is 1. The van der Waals surface area contributed by atoms with Gasteiger partial charge in [0.1, 0.15) is 11.4 Å². The van der Waals surface area contributed by atoms with Crippen molar-refractivity contribution in [2.75, 3.05) is 13.1 Å². The summed E-state index contributed by atoms with van der Waals surface area (Å²) in [5.41, 5.74) is 0.787. The van der Waals surface area contributed by atoms with Gasteiger partial charge in [-0.2, -0.15) is 4.31 Å². The summed E-state index contributed by atoms with van der Waals surface area (Å²) in [7, 11) is -3.67. The topological polar surface area (TPSA) is 75.7 Å². The third kappa shape index (κ3) is 4.70. The van der Waals surface area contributed by atoms with Gasteiger partial charge in [0.25, 0.3) is 0 Å².